The predicted molar refractivity (Wildman–Crippen MR) is 65.9 cm³/mol. The molecule has 1 N–H and O–H groups in total. The molecule has 1 atom stereocenters. The minimum absolute atomic E-state index is 0.166. The Kier molecular flexibility index (Phi) is 5.43. The number of rotatable bonds is 6. The number of nitrogens with one attached hydrogen (secondary N) is 1. The first-order valence-electron chi connectivity index (χ1n) is 5.70. The van der Waals surface area contributed by atoms with Crippen molar-refractivity contribution in [3.63, 3.8) is 0 Å². The Labute approximate surface area is 97.5 Å². The van der Waals surface area contributed by atoms with Crippen molar-refractivity contribution in [3.05, 3.63) is 35.6 Å². The molecule has 3 heteroatoms. The van der Waals surface area contributed by atoms with Crippen LogP contribution in [0, 0.1) is 5.82 Å². The van der Waals surface area contributed by atoms with E-state index in [2.05, 4.69) is 31.2 Å². The lowest BCUT2D eigenvalue weighted by molar-refractivity contribution is 0.365. The number of halogens is 1. The van der Waals surface area contributed by atoms with Gasteiger partial charge in [0.2, 0.25) is 0 Å². The van der Waals surface area contributed by atoms with Crippen molar-refractivity contribution in [1.82, 2.24) is 10.2 Å². The minimum Gasteiger partial charge on any atom is -0.310 e. The summed E-state index contributed by atoms with van der Waals surface area (Å²) in [5.74, 6) is -0.166. The Hall–Kier alpha value is -0.930. The molecule has 0 amide bonds. The maximum absolute atomic E-state index is 12.9. The van der Waals surface area contributed by atoms with E-state index in [-0.39, 0.29) is 5.82 Å². The van der Waals surface area contributed by atoms with Crippen LogP contribution in [0.25, 0.3) is 0 Å². The van der Waals surface area contributed by atoms with Crippen molar-refractivity contribution in [3.8, 4) is 0 Å². The Morgan fingerprint density at radius 3 is 2.75 bits per heavy atom. The number of nitrogens with zero attached hydrogens (tertiary/aromatic N) is 1. The van der Waals surface area contributed by atoms with Gasteiger partial charge in [0.1, 0.15) is 5.82 Å². The highest BCUT2D eigenvalue weighted by Crippen LogP contribution is 2.03. The highest BCUT2D eigenvalue weighted by atomic mass is 19.1. The van der Waals surface area contributed by atoms with Gasteiger partial charge in [0.25, 0.3) is 0 Å². The Bertz CT molecular complexity index is 313. The first kappa shape index (κ1) is 13.1. The van der Waals surface area contributed by atoms with Crippen molar-refractivity contribution in [1.29, 1.82) is 0 Å². The van der Waals surface area contributed by atoms with Gasteiger partial charge >= 0.3 is 0 Å². The van der Waals surface area contributed by atoms with Crippen molar-refractivity contribution in [2.75, 3.05) is 20.6 Å². The van der Waals surface area contributed by atoms with Crippen molar-refractivity contribution >= 4 is 0 Å². The summed E-state index contributed by atoms with van der Waals surface area (Å²) in [6.45, 7) is 3.95. The lowest BCUT2D eigenvalue weighted by Gasteiger charge is -2.16. The van der Waals surface area contributed by atoms with E-state index >= 15 is 0 Å². The van der Waals surface area contributed by atoms with Crippen LogP contribution >= 0.6 is 0 Å². The van der Waals surface area contributed by atoms with Gasteiger partial charge in [-0.05, 0) is 51.7 Å². The van der Waals surface area contributed by atoms with E-state index in [0.29, 0.717) is 6.04 Å². The second-order valence-corrected chi connectivity index (χ2v) is 4.50. The van der Waals surface area contributed by atoms with Gasteiger partial charge in [-0.3, -0.25) is 0 Å². The molecule has 1 aromatic rings. The van der Waals surface area contributed by atoms with Crippen LogP contribution in [0.3, 0.4) is 0 Å². The molecule has 0 spiro atoms. The van der Waals surface area contributed by atoms with Crippen LogP contribution < -0.4 is 5.32 Å². The van der Waals surface area contributed by atoms with Gasteiger partial charge in [0.05, 0.1) is 0 Å². The zero-order valence-corrected chi connectivity index (χ0v) is 10.3. The second kappa shape index (κ2) is 6.61. The van der Waals surface area contributed by atoms with Crippen LogP contribution in [0.4, 0.5) is 4.39 Å². The van der Waals surface area contributed by atoms with E-state index in [1.54, 1.807) is 12.1 Å². The number of benzene rings is 1. The van der Waals surface area contributed by atoms with Crippen LogP contribution in [0.2, 0.25) is 0 Å². The second-order valence-electron chi connectivity index (χ2n) is 4.50. The lowest BCUT2D eigenvalue weighted by Crippen LogP contribution is -2.29. The molecule has 0 bridgehead atoms. The summed E-state index contributed by atoms with van der Waals surface area (Å²) < 4.78 is 12.9. The molecule has 1 rings (SSSR count). The van der Waals surface area contributed by atoms with Crippen molar-refractivity contribution < 1.29 is 4.39 Å². The highest BCUT2D eigenvalue weighted by Gasteiger charge is 2.02. The fraction of sp³-hybridized carbons (Fsp3) is 0.538. The van der Waals surface area contributed by atoms with Gasteiger partial charge in [0.15, 0.2) is 0 Å². The summed E-state index contributed by atoms with van der Waals surface area (Å²) in [4.78, 5) is 2.17. The van der Waals surface area contributed by atoms with Crippen molar-refractivity contribution in [2.24, 2.45) is 0 Å². The summed E-state index contributed by atoms with van der Waals surface area (Å²) in [6.07, 6.45) is 1.10. The third kappa shape index (κ3) is 5.24. The maximum Gasteiger partial charge on any atom is 0.123 e. The standard InChI is InChI=1S/C13H21FN2/c1-11(7-8-16(2)3)15-10-12-5-4-6-13(14)9-12/h4-6,9,11,15H,7-8,10H2,1-3H3. The zero-order valence-electron chi connectivity index (χ0n) is 10.3. The number of hydrogen-bond donors (Lipinski definition) is 1. The predicted octanol–water partition coefficient (Wildman–Crippen LogP) is 2.26. The van der Waals surface area contributed by atoms with E-state index in [1.165, 1.54) is 6.07 Å². The molecule has 16 heavy (non-hydrogen) atoms. The Morgan fingerprint density at radius 1 is 1.38 bits per heavy atom. The van der Waals surface area contributed by atoms with Crippen LogP contribution in [0.1, 0.15) is 18.9 Å². The molecule has 0 saturated carbocycles. The van der Waals surface area contributed by atoms with Crippen LogP contribution in [0.15, 0.2) is 24.3 Å². The molecule has 0 aliphatic heterocycles. The summed E-state index contributed by atoms with van der Waals surface area (Å²) in [5, 5.41) is 3.39. The maximum atomic E-state index is 12.9. The normalized spacial score (nSPS) is 13.1. The average Bonchev–Trinajstić information content (AvgIpc) is 2.23. The molecule has 0 saturated heterocycles. The van der Waals surface area contributed by atoms with Crippen LogP contribution in [-0.2, 0) is 6.54 Å². The summed E-state index contributed by atoms with van der Waals surface area (Å²) >= 11 is 0. The van der Waals surface area contributed by atoms with E-state index in [0.717, 1.165) is 25.1 Å². The highest BCUT2D eigenvalue weighted by molar-refractivity contribution is 5.15. The fourth-order valence-electron chi connectivity index (χ4n) is 1.49. The average molecular weight is 224 g/mol. The SMILES string of the molecule is CC(CCN(C)C)NCc1cccc(F)c1. The largest absolute Gasteiger partial charge is 0.310 e. The topological polar surface area (TPSA) is 15.3 Å². The van der Waals surface area contributed by atoms with E-state index < -0.39 is 0 Å². The quantitative estimate of drug-likeness (QED) is 0.797. The van der Waals surface area contributed by atoms with Gasteiger partial charge in [0, 0.05) is 12.6 Å². The first-order chi connectivity index (χ1) is 7.58. The van der Waals surface area contributed by atoms with Gasteiger partial charge in [-0.15, -0.1) is 0 Å². The molecule has 0 aliphatic rings. The van der Waals surface area contributed by atoms with Crippen LogP contribution in [0.5, 0.6) is 0 Å². The molecule has 0 fully saturated rings. The smallest absolute Gasteiger partial charge is 0.123 e. The van der Waals surface area contributed by atoms with Gasteiger partial charge in [-0.1, -0.05) is 12.1 Å². The molecular formula is C13H21FN2. The van der Waals surface area contributed by atoms with E-state index in [9.17, 15) is 4.39 Å². The molecular weight excluding hydrogens is 203 g/mol. The molecule has 0 aliphatic carbocycles. The monoisotopic (exact) mass is 224 g/mol. The molecule has 0 aromatic heterocycles. The summed E-state index contributed by atoms with van der Waals surface area (Å²) in [5.41, 5.74) is 0.997. The molecule has 0 heterocycles. The van der Waals surface area contributed by atoms with Gasteiger partial charge in [-0.2, -0.15) is 0 Å². The lowest BCUT2D eigenvalue weighted by atomic mass is 10.2. The van der Waals surface area contributed by atoms with Crippen molar-refractivity contribution in [2.45, 2.75) is 25.9 Å². The third-order valence-electron chi connectivity index (χ3n) is 2.55. The first-order valence-corrected chi connectivity index (χ1v) is 5.70. The van der Waals surface area contributed by atoms with E-state index in [1.807, 2.05) is 6.07 Å². The van der Waals surface area contributed by atoms with Gasteiger partial charge < -0.3 is 10.2 Å². The minimum atomic E-state index is -0.166. The Balaban J connectivity index is 2.28. The molecule has 0 radical (unpaired) electrons. The molecule has 1 unspecified atom stereocenters. The fourth-order valence-corrected chi connectivity index (χ4v) is 1.49. The Morgan fingerprint density at radius 2 is 2.12 bits per heavy atom. The molecule has 90 valence electrons. The third-order valence-corrected chi connectivity index (χ3v) is 2.55. The zero-order chi connectivity index (χ0) is 12.0. The van der Waals surface area contributed by atoms with Gasteiger partial charge in [-0.25, -0.2) is 4.39 Å². The summed E-state index contributed by atoms with van der Waals surface area (Å²) in [7, 11) is 4.14. The van der Waals surface area contributed by atoms with Crippen LogP contribution in [-0.4, -0.2) is 31.6 Å². The molecule has 1 aromatic carbocycles. The molecule has 2 nitrogen and oxygen atoms in total. The summed E-state index contributed by atoms with van der Waals surface area (Å²) in [6, 6.07) is 7.18. The van der Waals surface area contributed by atoms with E-state index in [4.69, 9.17) is 0 Å². The number of hydrogen-bond acceptors (Lipinski definition) is 2.